The van der Waals surface area contributed by atoms with Crippen molar-refractivity contribution in [3.63, 3.8) is 0 Å². The number of likely N-dealkylation sites (tertiary alicyclic amines) is 1. The molecule has 0 aliphatic carbocycles. The molecule has 0 radical (unpaired) electrons. The molecule has 2 aromatic rings. The lowest BCUT2D eigenvalue weighted by Crippen LogP contribution is -2.52. The molecule has 1 aliphatic heterocycles. The summed E-state index contributed by atoms with van der Waals surface area (Å²) in [6.07, 6.45) is 3.84. The fourth-order valence-electron chi connectivity index (χ4n) is 3.00. The summed E-state index contributed by atoms with van der Waals surface area (Å²) in [4.78, 5) is 13.1. The second-order valence-corrected chi connectivity index (χ2v) is 5.82. The second-order valence-electron chi connectivity index (χ2n) is 5.82. The summed E-state index contributed by atoms with van der Waals surface area (Å²) < 4.78 is 0. The molecular formula is C20H21NO2. The van der Waals surface area contributed by atoms with E-state index in [1.807, 2.05) is 41.3 Å². The minimum absolute atomic E-state index is 0.291. The minimum atomic E-state index is -0.702. The van der Waals surface area contributed by atoms with Crippen molar-refractivity contribution < 1.29 is 9.90 Å². The van der Waals surface area contributed by atoms with Gasteiger partial charge in [-0.3, -0.25) is 9.69 Å². The molecule has 1 atom stereocenters. The SMILES string of the molecule is O=C(O)C1CCN1CCC=C(c1ccccc1)c1ccccc1. The third-order valence-electron chi connectivity index (χ3n) is 4.35. The quantitative estimate of drug-likeness (QED) is 0.885. The van der Waals surface area contributed by atoms with E-state index in [1.54, 1.807) is 0 Å². The van der Waals surface area contributed by atoms with Crippen LogP contribution >= 0.6 is 0 Å². The van der Waals surface area contributed by atoms with Gasteiger partial charge >= 0.3 is 5.97 Å². The number of hydrogen-bond donors (Lipinski definition) is 1. The Labute approximate surface area is 136 Å². The summed E-state index contributed by atoms with van der Waals surface area (Å²) in [5.74, 6) is -0.702. The van der Waals surface area contributed by atoms with E-state index in [0.29, 0.717) is 0 Å². The van der Waals surface area contributed by atoms with Crippen molar-refractivity contribution in [2.75, 3.05) is 13.1 Å². The Hall–Kier alpha value is -2.39. The van der Waals surface area contributed by atoms with Crippen molar-refractivity contribution in [3.05, 3.63) is 77.9 Å². The normalized spacial score (nSPS) is 17.3. The van der Waals surface area contributed by atoms with E-state index in [9.17, 15) is 4.79 Å². The van der Waals surface area contributed by atoms with E-state index in [0.717, 1.165) is 25.9 Å². The van der Waals surface area contributed by atoms with Gasteiger partial charge < -0.3 is 5.11 Å². The Morgan fingerprint density at radius 2 is 1.61 bits per heavy atom. The molecule has 2 aromatic carbocycles. The summed E-state index contributed by atoms with van der Waals surface area (Å²) in [6, 6.07) is 20.4. The number of nitrogens with zero attached hydrogens (tertiary/aromatic N) is 1. The number of rotatable bonds is 6. The van der Waals surface area contributed by atoms with Crippen LogP contribution in [0.4, 0.5) is 0 Å². The zero-order chi connectivity index (χ0) is 16.1. The van der Waals surface area contributed by atoms with Gasteiger partial charge in [0, 0.05) is 13.1 Å². The zero-order valence-corrected chi connectivity index (χ0v) is 13.1. The molecule has 0 bridgehead atoms. The fraction of sp³-hybridized carbons (Fsp3) is 0.250. The first-order chi connectivity index (χ1) is 11.3. The Bertz CT molecular complexity index is 638. The molecule has 3 heteroatoms. The van der Waals surface area contributed by atoms with E-state index in [2.05, 4.69) is 30.3 Å². The third kappa shape index (κ3) is 3.69. The maximum absolute atomic E-state index is 11.1. The Morgan fingerprint density at radius 1 is 1.04 bits per heavy atom. The molecule has 0 aromatic heterocycles. The molecule has 1 saturated heterocycles. The molecule has 23 heavy (non-hydrogen) atoms. The standard InChI is InChI=1S/C20H21NO2/c22-20(23)19-13-15-21(19)14-7-12-18(16-8-3-1-4-9-16)17-10-5-2-6-11-17/h1-6,8-12,19H,7,13-15H2,(H,22,23). The maximum atomic E-state index is 11.1. The predicted molar refractivity (Wildman–Crippen MR) is 92.2 cm³/mol. The Balaban J connectivity index is 1.75. The molecule has 118 valence electrons. The highest BCUT2D eigenvalue weighted by molar-refractivity contribution is 5.79. The topological polar surface area (TPSA) is 40.5 Å². The first-order valence-electron chi connectivity index (χ1n) is 8.03. The third-order valence-corrected chi connectivity index (χ3v) is 4.35. The minimum Gasteiger partial charge on any atom is -0.480 e. The molecule has 1 fully saturated rings. The van der Waals surface area contributed by atoms with Crippen LogP contribution in [0.5, 0.6) is 0 Å². The lowest BCUT2D eigenvalue weighted by molar-refractivity contribution is -0.148. The van der Waals surface area contributed by atoms with E-state index in [1.165, 1.54) is 16.7 Å². The predicted octanol–water partition coefficient (Wildman–Crippen LogP) is 3.67. The number of carboxylic acid groups (broad SMARTS) is 1. The highest BCUT2D eigenvalue weighted by Crippen LogP contribution is 2.24. The van der Waals surface area contributed by atoms with E-state index in [4.69, 9.17) is 5.11 Å². The van der Waals surface area contributed by atoms with Crippen molar-refractivity contribution in [1.29, 1.82) is 0 Å². The summed E-state index contributed by atoms with van der Waals surface area (Å²) in [5, 5.41) is 9.11. The molecule has 1 N–H and O–H groups in total. The maximum Gasteiger partial charge on any atom is 0.320 e. The average molecular weight is 307 g/mol. The van der Waals surface area contributed by atoms with E-state index >= 15 is 0 Å². The summed E-state index contributed by atoms with van der Waals surface area (Å²) in [7, 11) is 0. The number of benzene rings is 2. The van der Waals surface area contributed by atoms with Crippen LogP contribution in [-0.4, -0.2) is 35.1 Å². The first-order valence-corrected chi connectivity index (χ1v) is 8.03. The first kappa shape index (κ1) is 15.5. The molecular weight excluding hydrogens is 286 g/mol. The van der Waals surface area contributed by atoms with Gasteiger partial charge in [0.2, 0.25) is 0 Å². The monoisotopic (exact) mass is 307 g/mol. The smallest absolute Gasteiger partial charge is 0.320 e. The van der Waals surface area contributed by atoms with Gasteiger partial charge in [-0.2, -0.15) is 0 Å². The molecule has 0 amide bonds. The molecule has 3 rings (SSSR count). The van der Waals surface area contributed by atoms with Gasteiger partial charge in [0.25, 0.3) is 0 Å². The van der Waals surface area contributed by atoms with Gasteiger partial charge in [0.05, 0.1) is 0 Å². The van der Waals surface area contributed by atoms with Gasteiger partial charge in [0.1, 0.15) is 6.04 Å². The van der Waals surface area contributed by atoms with Gasteiger partial charge in [0.15, 0.2) is 0 Å². The molecule has 1 unspecified atom stereocenters. The Morgan fingerprint density at radius 3 is 2.04 bits per heavy atom. The molecule has 0 saturated carbocycles. The van der Waals surface area contributed by atoms with Crippen molar-refractivity contribution >= 4 is 11.5 Å². The van der Waals surface area contributed by atoms with Crippen molar-refractivity contribution in [3.8, 4) is 0 Å². The van der Waals surface area contributed by atoms with Crippen LogP contribution < -0.4 is 0 Å². The highest BCUT2D eigenvalue weighted by Gasteiger charge is 2.32. The summed E-state index contributed by atoms with van der Waals surface area (Å²) >= 11 is 0. The number of carbonyl (C=O) groups is 1. The van der Waals surface area contributed by atoms with Gasteiger partial charge in [-0.25, -0.2) is 0 Å². The Kier molecular flexibility index (Phi) is 4.89. The van der Waals surface area contributed by atoms with Crippen LogP contribution in [-0.2, 0) is 4.79 Å². The molecule has 0 spiro atoms. The van der Waals surface area contributed by atoms with Gasteiger partial charge in [-0.1, -0.05) is 66.7 Å². The number of hydrogen-bond acceptors (Lipinski definition) is 2. The van der Waals surface area contributed by atoms with Gasteiger partial charge in [-0.15, -0.1) is 0 Å². The van der Waals surface area contributed by atoms with Crippen molar-refractivity contribution in [1.82, 2.24) is 4.90 Å². The van der Waals surface area contributed by atoms with Crippen LogP contribution in [0, 0.1) is 0 Å². The van der Waals surface area contributed by atoms with E-state index in [-0.39, 0.29) is 6.04 Å². The fourth-order valence-corrected chi connectivity index (χ4v) is 3.00. The van der Waals surface area contributed by atoms with Crippen LogP contribution in [0.25, 0.3) is 5.57 Å². The summed E-state index contributed by atoms with van der Waals surface area (Å²) in [5.41, 5.74) is 3.59. The molecule has 3 nitrogen and oxygen atoms in total. The van der Waals surface area contributed by atoms with Crippen LogP contribution in [0.1, 0.15) is 24.0 Å². The number of carboxylic acids is 1. The van der Waals surface area contributed by atoms with Crippen LogP contribution in [0.2, 0.25) is 0 Å². The average Bonchev–Trinajstić information content (AvgIpc) is 2.55. The molecule has 1 heterocycles. The van der Waals surface area contributed by atoms with E-state index < -0.39 is 5.97 Å². The van der Waals surface area contributed by atoms with Crippen LogP contribution in [0.15, 0.2) is 66.7 Å². The molecule has 1 aliphatic rings. The summed E-state index contributed by atoms with van der Waals surface area (Å²) in [6.45, 7) is 1.68. The zero-order valence-electron chi connectivity index (χ0n) is 13.1. The lowest BCUT2D eigenvalue weighted by Gasteiger charge is -2.37. The van der Waals surface area contributed by atoms with Gasteiger partial charge in [-0.05, 0) is 29.5 Å². The highest BCUT2D eigenvalue weighted by atomic mass is 16.4. The number of aliphatic carboxylic acids is 1. The second kappa shape index (κ2) is 7.25. The van der Waals surface area contributed by atoms with Crippen molar-refractivity contribution in [2.45, 2.75) is 18.9 Å². The lowest BCUT2D eigenvalue weighted by atomic mass is 9.96. The van der Waals surface area contributed by atoms with Crippen molar-refractivity contribution in [2.24, 2.45) is 0 Å². The largest absolute Gasteiger partial charge is 0.480 e. The van der Waals surface area contributed by atoms with Crippen LogP contribution in [0.3, 0.4) is 0 Å².